The number of aliphatic hydroxyl groups excluding tert-OH is 1. The highest BCUT2D eigenvalue weighted by Crippen LogP contribution is 2.40. The van der Waals surface area contributed by atoms with E-state index in [2.05, 4.69) is 0 Å². The monoisotopic (exact) mass is 359 g/mol. The third-order valence-electron chi connectivity index (χ3n) is 5.88. The fourth-order valence-corrected chi connectivity index (χ4v) is 4.13. The van der Waals surface area contributed by atoms with Crippen LogP contribution in [-0.4, -0.2) is 59.5 Å². The summed E-state index contributed by atoms with van der Waals surface area (Å²) < 4.78 is 0. The summed E-state index contributed by atoms with van der Waals surface area (Å²) in [4.78, 5) is 28.7. The highest BCUT2D eigenvalue weighted by Gasteiger charge is 2.41. The Kier molecular flexibility index (Phi) is 5.94. The molecule has 0 atom stereocenters. The number of nitrogens with two attached hydrogens (primary N) is 1. The molecule has 0 radical (unpaired) electrons. The van der Waals surface area contributed by atoms with Crippen molar-refractivity contribution in [3.8, 4) is 0 Å². The number of hydrogen-bond donors (Lipinski definition) is 2. The van der Waals surface area contributed by atoms with Gasteiger partial charge in [-0.2, -0.15) is 0 Å². The molecule has 0 aromatic heterocycles. The summed E-state index contributed by atoms with van der Waals surface area (Å²) in [6, 6.07) is 7.52. The molecule has 0 aliphatic carbocycles. The van der Waals surface area contributed by atoms with Gasteiger partial charge in [0.2, 0.25) is 5.91 Å². The van der Waals surface area contributed by atoms with Gasteiger partial charge in [0.15, 0.2) is 0 Å². The Morgan fingerprint density at radius 2 is 1.85 bits per heavy atom. The van der Waals surface area contributed by atoms with Crippen molar-refractivity contribution in [2.24, 2.45) is 11.1 Å². The Labute approximate surface area is 155 Å². The predicted molar refractivity (Wildman–Crippen MR) is 99.4 cm³/mol. The van der Waals surface area contributed by atoms with Gasteiger partial charge in [-0.05, 0) is 48.8 Å². The quantitative estimate of drug-likeness (QED) is 0.831. The zero-order chi connectivity index (χ0) is 18.6. The van der Waals surface area contributed by atoms with E-state index >= 15 is 0 Å². The number of benzene rings is 1. The average molecular weight is 359 g/mol. The summed E-state index contributed by atoms with van der Waals surface area (Å²) in [5, 5.41) is 9.03. The standard InChI is InChI=1S/C20H29N3O3/c21-14-16-2-4-17(5-3-16)19(26)22-11-8-20(9-12-22)7-6-18(25)23(15-20)10-1-13-24/h2-5,24H,1,6-15,21H2. The van der Waals surface area contributed by atoms with Crippen LogP contribution in [0.1, 0.15) is 48.0 Å². The maximum atomic E-state index is 12.7. The van der Waals surface area contributed by atoms with Crippen LogP contribution in [0.15, 0.2) is 24.3 Å². The van der Waals surface area contributed by atoms with Crippen LogP contribution < -0.4 is 5.73 Å². The Morgan fingerprint density at radius 3 is 2.46 bits per heavy atom. The van der Waals surface area contributed by atoms with E-state index in [0.29, 0.717) is 31.5 Å². The molecule has 26 heavy (non-hydrogen) atoms. The number of nitrogens with zero attached hydrogens (tertiary/aromatic N) is 2. The van der Waals surface area contributed by atoms with Crippen LogP contribution in [0.25, 0.3) is 0 Å². The normalized spacial score (nSPS) is 19.8. The van der Waals surface area contributed by atoms with E-state index in [1.807, 2.05) is 34.1 Å². The minimum Gasteiger partial charge on any atom is -0.396 e. The predicted octanol–water partition coefficient (Wildman–Crippen LogP) is 1.37. The van der Waals surface area contributed by atoms with E-state index in [4.69, 9.17) is 10.8 Å². The molecule has 3 rings (SSSR count). The van der Waals surface area contributed by atoms with E-state index in [1.54, 1.807) is 0 Å². The van der Waals surface area contributed by atoms with Gasteiger partial charge in [-0.1, -0.05) is 12.1 Å². The lowest BCUT2D eigenvalue weighted by Gasteiger charge is -2.47. The van der Waals surface area contributed by atoms with Crippen molar-refractivity contribution < 1.29 is 14.7 Å². The lowest BCUT2D eigenvalue weighted by atomic mass is 9.72. The summed E-state index contributed by atoms with van der Waals surface area (Å²) >= 11 is 0. The number of hydrogen-bond acceptors (Lipinski definition) is 4. The van der Waals surface area contributed by atoms with Crippen LogP contribution >= 0.6 is 0 Å². The number of carbonyl (C=O) groups excluding carboxylic acids is 2. The van der Waals surface area contributed by atoms with Crippen LogP contribution in [0, 0.1) is 5.41 Å². The molecule has 142 valence electrons. The molecule has 0 bridgehead atoms. The molecule has 2 aliphatic heterocycles. The molecule has 2 saturated heterocycles. The Bertz CT molecular complexity index is 636. The second kappa shape index (κ2) is 8.18. The van der Waals surface area contributed by atoms with E-state index < -0.39 is 0 Å². The SMILES string of the molecule is NCc1ccc(C(=O)N2CCC3(CCC(=O)N(CCCO)C3)CC2)cc1. The van der Waals surface area contributed by atoms with Crippen LogP contribution in [-0.2, 0) is 11.3 Å². The second-order valence-corrected chi connectivity index (χ2v) is 7.59. The summed E-state index contributed by atoms with van der Waals surface area (Å²) in [7, 11) is 0. The number of rotatable bonds is 5. The Morgan fingerprint density at radius 1 is 1.15 bits per heavy atom. The van der Waals surface area contributed by atoms with Crippen molar-refractivity contribution in [3.63, 3.8) is 0 Å². The molecule has 2 fully saturated rings. The third-order valence-corrected chi connectivity index (χ3v) is 5.88. The number of carbonyl (C=O) groups is 2. The Hall–Kier alpha value is -1.92. The van der Waals surface area contributed by atoms with Crippen molar-refractivity contribution in [1.82, 2.24) is 9.80 Å². The van der Waals surface area contributed by atoms with E-state index in [0.717, 1.165) is 44.5 Å². The lowest BCUT2D eigenvalue weighted by molar-refractivity contribution is -0.139. The van der Waals surface area contributed by atoms with Crippen molar-refractivity contribution >= 4 is 11.8 Å². The van der Waals surface area contributed by atoms with Crippen LogP contribution in [0.5, 0.6) is 0 Å². The first kappa shape index (κ1) is 18.9. The maximum Gasteiger partial charge on any atom is 0.253 e. The molecule has 6 heteroatoms. The van der Waals surface area contributed by atoms with Crippen molar-refractivity contribution in [3.05, 3.63) is 35.4 Å². The second-order valence-electron chi connectivity index (χ2n) is 7.59. The molecule has 2 aliphatic rings. The number of likely N-dealkylation sites (tertiary alicyclic amines) is 2. The molecule has 0 unspecified atom stereocenters. The molecule has 1 aromatic carbocycles. The van der Waals surface area contributed by atoms with Gasteiger partial charge in [0.25, 0.3) is 5.91 Å². The van der Waals surface area contributed by atoms with E-state index in [-0.39, 0.29) is 23.8 Å². The van der Waals surface area contributed by atoms with Crippen LogP contribution in [0.3, 0.4) is 0 Å². The van der Waals surface area contributed by atoms with Crippen LogP contribution in [0.2, 0.25) is 0 Å². The van der Waals surface area contributed by atoms with Gasteiger partial charge in [0, 0.05) is 51.3 Å². The lowest BCUT2D eigenvalue weighted by Crippen LogP contribution is -2.52. The Balaban J connectivity index is 1.59. The first-order valence-corrected chi connectivity index (χ1v) is 9.54. The smallest absolute Gasteiger partial charge is 0.253 e. The van der Waals surface area contributed by atoms with Gasteiger partial charge < -0.3 is 20.6 Å². The summed E-state index contributed by atoms with van der Waals surface area (Å²) in [6.07, 6.45) is 3.99. The largest absolute Gasteiger partial charge is 0.396 e. The third kappa shape index (κ3) is 4.07. The van der Waals surface area contributed by atoms with Gasteiger partial charge in [0.1, 0.15) is 0 Å². The molecule has 6 nitrogen and oxygen atoms in total. The summed E-state index contributed by atoms with van der Waals surface area (Å²) in [5.41, 5.74) is 7.47. The number of aliphatic hydroxyl groups is 1. The first-order chi connectivity index (χ1) is 12.6. The fourth-order valence-electron chi connectivity index (χ4n) is 4.13. The fraction of sp³-hybridized carbons (Fsp3) is 0.600. The van der Waals surface area contributed by atoms with Gasteiger partial charge in [-0.15, -0.1) is 0 Å². The molecular formula is C20H29N3O3. The number of amides is 2. The average Bonchev–Trinajstić information content (AvgIpc) is 2.69. The van der Waals surface area contributed by atoms with Crippen molar-refractivity contribution in [1.29, 1.82) is 0 Å². The molecular weight excluding hydrogens is 330 g/mol. The van der Waals surface area contributed by atoms with Gasteiger partial charge >= 0.3 is 0 Å². The van der Waals surface area contributed by atoms with Gasteiger partial charge in [0.05, 0.1) is 0 Å². The molecule has 3 N–H and O–H groups in total. The molecule has 1 aromatic rings. The van der Waals surface area contributed by atoms with Crippen LogP contribution in [0.4, 0.5) is 0 Å². The zero-order valence-corrected chi connectivity index (χ0v) is 15.3. The highest BCUT2D eigenvalue weighted by atomic mass is 16.3. The molecule has 2 amide bonds. The zero-order valence-electron chi connectivity index (χ0n) is 15.3. The summed E-state index contributed by atoms with van der Waals surface area (Å²) in [6.45, 7) is 3.46. The minimum absolute atomic E-state index is 0.0763. The topological polar surface area (TPSA) is 86.9 Å². The van der Waals surface area contributed by atoms with Gasteiger partial charge in [-0.25, -0.2) is 0 Å². The molecule has 1 spiro atoms. The van der Waals surface area contributed by atoms with Gasteiger partial charge in [-0.3, -0.25) is 9.59 Å². The minimum atomic E-state index is 0.0763. The number of piperidine rings is 2. The van der Waals surface area contributed by atoms with Crippen molar-refractivity contribution in [2.75, 3.05) is 32.8 Å². The molecule has 2 heterocycles. The highest BCUT2D eigenvalue weighted by molar-refractivity contribution is 5.94. The molecule has 0 saturated carbocycles. The van der Waals surface area contributed by atoms with E-state index in [9.17, 15) is 9.59 Å². The maximum absolute atomic E-state index is 12.7. The first-order valence-electron chi connectivity index (χ1n) is 9.54. The summed E-state index contributed by atoms with van der Waals surface area (Å²) in [5.74, 6) is 0.273. The van der Waals surface area contributed by atoms with E-state index in [1.165, 1.54) is 0 Å². The van der Waals surface area contributed by atoms with Crippen molar-refractivity contribution in [2.45, 2.75) is 38.6 Å².